The fourth-order valence-corrected chi connectivity index (χ4v) is 2.14. The van der Waals surface area contributed by atoms with Crippen LogP contribution < -0.4 is 16.6 Å². The molecule has 1 aromatic heterocycles. The number of alkyl halides is 3. The molecule has 1 aromatic rings. The molecule has 1 rings (SSSR count). The normalized spacial score (nSPS) is 11.7. The van der Waals surface area contributed by atoms with Gasteiger partial charge in [0.2, 0.25) is 5.91 Å². The number of carboxylic acid groups (broad SMARTS) is 1. The van der Waals surface area contributed by atoms with Crippen LogP contribution in [0.15, 0.2) is 15.8 Å². The Morgan fingerprint density at radius 1 is 1.23 bits per heavy atom. The van der Waals surface area contributed by atoms with Gasteiger partial charge in [-0.2, -0.15) is 13.2 Å². The second kappa shape index (κ2) is 9.45. The molecule has 1 heterocycles. The third-order valence-corrected chi connectivity index (χ3v) is 3.35. The first-order valence-electron chi connectivity index (χ1n) is 8.47. The molecular formula is C16H21F3N4O7. The second-order valence-corrected chi connectivity index (χ2v) is 7.07. The minimum atomic E-state index is -5.07. The van der Waals surface area contributed by atoms with Crippen LogP contribution in [0.5, 0.6) is 0 Å². The lowest BCUT2D eigenvalue weighted by molar-refractivity contribution is -0.144. The minimum absolute atomic E-state index is 0.178. The van der Waals surface area contributed by atoms with E-state index in [2.05, 4.69) is 5.32 Å². The standard InChI is InChI=1S/C16H21F3N4O7/c1-15(2,3)30-14(29)20-4-5-22(8-11(25)26)10(24)7-23-6-9(16(17,18)19)12(27)21-13(23)28/h6H,4-5,7-8H2,1-3H3,(H,20,29)(H,25,26)(H,21,27,28). The van der Waals surface area contributed by atoms with E-state index in [0.717, 1.165) is 0 Å². The molecule has 30 heavy (non-hydrogen) atoms. The molecule has 0 spiro atoms. The number of hydrogen-bond acceptors (Lipinski definition) is 6. The highest BCUT2D eigenvalue weighted by Crippen LogP contribution is 2.25. The van der Waals surface area contributed by atoms with Crippen LogP contribution in [-0.4, -0.2) is 62.8 Å². The molecule has 168 valence electrons. The Morgan fingerprint density at radius 3 is 2.33 bits per heavy atom. The van der Waals surface area contributed by atoms with E-state index in [1.54, 1.807) is 20.8 Å². The summed E-state index contributed by atoms with van der Waals surface area (Å²) in [6.45, 7) is 2.51. The van der Waals surface area contributed by atoms with Gasteiger partial charge in [0.15, 0.2) is 0 Å². The summed E-state index contributed by atoms with van der Waals surface area (Å²) in [7, 11) is 0. The van der Waals surface area contributed by atoms with Crippen molar-refractivity contribution >= 4 is 18.0 Å². The number of aliphatic carboxylic acids is 1. The molecule has 0 saturated carbocycles. The summed E-state index contributed by atoms with van der Waals surface area (Å²) in [6, 6.07) is 0. The first-order chi connectivity index (χ1) is 13.6. The van der Waals surface area contributed by atoms with Gasteiger partial charge in [-0.15, -0.1) is 0 Å². The average Bonchev–Trinajstić information content (AvgIpc) is 2.53. The van der Waals surface area contributed by atoms with E-state index in [0.29, 0.717) is 9.47 Å². The van der Waals surface area contributed by atoms with Gasteiger partial charge in [-0.1, -0.05) is 0 Å². The third-order valence-electron chi connectivity index (χ3n) is 3.35. The van der Waals surface area contributed by atoms with Crippen LogP contribution in [-0.2, 0) is 27.0 Å². The summed E-state index contributed by atoms with van der Waals surface area (Å²) in [5, 5.41) is 11.2. The number of carboxylic acids is 1. The van der Waals surface area contributed by atoms with Crippen LogP contribution in [0, 0.1) is 0 Å². The fraction of sp³-hybridized carbons (Fsp3) is 0.562. The van der Waals surface area contributed by atoms with Crippen LogP contribution in [0.2, 0.25) is 0 Å². The molecular weight excluding hydrogens is 417 g/mol. The summed E-state index contributed by atoms with van der Waals surface area (Å²) >= 11 is 0. The van der Waals surface area contributed by atoms with Gasteiger partial charge in [0.1, 0.15) is 24.3 Å². The number of hydrogen-bond donors (Lipinski definition) is 3. The Morgan fingerprint density at radius 2 is 1.83 bits per heavy atom. The number of ether oxygens (including phenoxy) is 1. The zero-order valence-electron chi connectivity index (χ0n) is 16.3. The van der Waals surface area contributed by atoms with E-state index in [4.69, 9.17) is 9.84 Å². The Bertz CT molecular complexity index is 915. The molecule has 11 nitrogen and oxygen atoms in total. The zero-order valence-corrected chi connectivity index (χ0v) is 16.3. The van der Waals surface area contributed by atoms with Crippen LogP contribution in [0.3, 0.4) is 0 Å². The largest absolute Gasteiger partial charge is 0.480 e. The van der Waals surface area contributed by atoms with Gasteiger partial charge < -0.3 is 20.1 Å². The van der Waals surface area contributed by atoms with Crippen molar-refractivity contribution in [2.75, 3.05) is 19.6 Å². The highest BCUT2D eigenvalue weighted by molar-refractivity contribution is 5.81. The lowest BCUT2D eigenvalue weighted by Gasteiger charge is -2.23. The van der Waals surface area contributed by atoms with Gasteiger partial charge in [-0.05, 0) is 20.8 Å². The predicted molar refractivity (Wildman–Crippen MR) is 94.8 cm³/mol. The van der Waals surface area contributed by atoms with Gasteiger partial charge in [-0.3, -0.25) is 23.9 Å². The van der Waals surface area contributed by atoms with Crippen molar-refractivity contribution in [3.63, 3.8) is 0 Å². The topological polar surface area (TPSA) is 151 Å². The maximum atomic E-state index is 12.8. The van der Waals surface area contributed by atoms with Crippen molar-refractivity contribution in [1.29, 1.82) is 0 Å². The molecule has 0 aliphatic rings. The van der Waals surface area contributed by atoms with Crippen molar-refractivity contribution < 1.29 is 37.4 Å². The van der Waals surface area contributed by atoms with Gasteiger partial charge in [0.05, 0.1) is 0 Å². The molecule has 0 aromatic carbocycles. The lowest BCUT2D eigenvalue weighted by atomic mass is 10.2. The van der Waals surface area contributed by atoms with E-state index < -0.39 is 59.6 Å². The highest BCUT2D eigenvalue weighted by Gasteiger charge is 2.35. The van der Waals surface area contributed by atoms with Crippen LogP contribution in [0.1, 0.15) is 26.3 Å². The molecule has 2 amide bonds. The van der Waals surface area contributed by atoms with Crippen LogP contribution >= 0.6 is 0 Å². The van der Waals surface area contributed by atoms with E-state index in [9.17, 15) is 37.1 Å². The Kier molecular flexibility index (Phi) is 7.79. The highest BCUT2D eigenvalue weighted by atomic mass is 19.4. The summed E-state index contributed by atoms with van der Waals surface area (Å²) in [6.07, 6.45) is -5.71. The number of amides is 2. The molecule has 0 bridgehead atoms. The third kappa shape index (κ3) is 7.97. The van der Waals surface area contributed by atoms with Crippen LogP contribution in [0.4, 0.5) is 18.0 Å². The van der Waals surface area contributed by atoms with Gasteiger partial charge in [-0.25, -0.2) is 9.59 Å². The number of alkyl carbamates (subject to hydrolysis) is 1. The molecule has 0 aliphatic heterocycles. The minimum Gasteiger partial charge on any atom is -0.480 e. The molecule has 0 radical (unpaired) electrons. The monoisotopic (exact) mass is 438 g/mol. The van der Waals surface area contributed by atoms with Gasteiger partial charge >= 0.3 is 23.9 Å². The number of carbonyl (C=O) groups excluding carboxylic acids is 2. The predicted octanol–water partition coefficient (Wildman–Crippen LogP) is -0.00670. The summed E-state index contributed by atoms with van der Waals surface area (Å²) < 4.78 is 43.8. The number of aromatic nitrogens is 2. The number of H-pyrrole nitrogens is 1. The maximum absolute atomic E-state index is 12.8. The van der Waals surface area contributed by atoms with E-state index in [1.165, 1.54) is 4.98 Å². The number of nitrogens with one attached hydrogen (secondary N) is 2. The number of nitrogens with zero attached hydrogens (tertiary/aromatic N) is 2. The first-order valence-corrected chi connectivity index (χ1v) is 8.47. The van der Waals surface area contributed by atoms with Crippen molar-refractivity contribution in [3.05, 3.63) is 32.6 Å². The lowest BCUT2D eigenvalue weighted by Crippen LogP contribution is -2.45. The van der Waals surface area contributed by atoms with Crippen molar-refractivity contribution in [2.24, 2.45) is 0 Å². The van der Waals surface area contributed by atoms with E-state index in [1.807, 2.05) is 0 Å². The Hall–Kier alpha value is -3.32. The number of aromatic amines is 1. The van der Waals surface area contributed by atoms with Gasteiger partial charge in [0, 0.05) is 19.3 Å². The summed E-state index contributed by atoms with van der Waals surface area (Å²) in [4.78, 5) is 60.1. The molecule has 0 fully saturated rings. The molecule has 14 heteroatoms. The van der Waals surface area contributed by atoms with Gasteiger partial charge in [0.25, 0.3) is 5.56 Å². The fourth-order valence-electron chi connectivity index (χ4n) is 2.14. The molecule has 0 atom stereocenters. The molecule has 3 N–H and O–H groups in total. The smallest absolute Gasteiger partial charge is 0.423 e. The van der Waals surface area contributed by atoms with Crippen molar-refractivity contribution in [2.45, 2.75) is 39.1 Å². The molecule has 0 unspecified atom stereocenters. The number of carbonyl (C=O) groups is 3. The first kappa shape index (κ1) is 24.7. The quantitative estimate of drug-likeness (QED) is 0.542. The number of halogens is 3. The molecule has 0 saturated heterocycles. The summed E-state index contributed by atoms with van der Waals surface area (Å²) in [5.74, 6) is -2.45. The maximum Gasteiger partial charge on any atom is 0.423 e. The Balaban J connectivity index is 2.92. The second-order valence-electron chi connectivity index (χ2n) is 7.07. The zero-order chi connectivity index (χ0) is 23.3. The SMILES string of the molecule is CC(C)(C)OC(=O)NCCN(CC(=O)O)C(=O)Cn1cc(C(F)(F)F)c(=O)[nH]c1=O. The van der Waals surface area contributed by atoms with E-state index in [-0.39, 0.29) is 19.3 Å². The van der Waals surface area contributed by atoms with Crippen molar-refractivity contribution in [1.82, 2.24) is 19.8 Å². The van der Waals surface area contributed by atoms with Crippen LogP contribution in [0.25, 0.3) is 0 Å². The van der Waals surface area contributed by atoms with E-state index >= 15 is 0 Å². The number of rotatable bonds is 7. The van der Waals surface area contributed by atoms with Crippen molar-refractivity contribution in [3.8, 4) is 0 Å². The average molecular weight is 438 g/mol. The molecule has 0 aliphatic carbocycles. The Labute approximate surface area is 167 Å². The summed E-state index contributed by atoms with van der Waals surface area (Å²) in [5.41, 5.74) is -5.42.